The summed E-state index contributed by atoms with van der Waals surface area (Å²) < 4.78 is 0. The Morgan fingerprint density at radius 3 is 2.76 bits per heavy atom. The van der Waals surface area contributed by atoms with E-state index in [2.05, 4.69) is 5.32 Å². The maximum absolute atomic E-state index is 12.6. The first-order chi connectivity index (χ1) is 9.87. The number of nitrogens with zero attached hydrogens (tertiary/aromatic N) is 1. The number of carbonyl (C=O) groups is 2. The van der Waals surface area contributed by atoms with E-state index in [0.29, 0.717) is 30.1 Å². The molecule has 6 heteroatoms. The van der Waals surface area contributed by atoms with Crippen molar-refractivity contribution in [2.24, 2.45) is 5.41 Å². The van der Waals surface area contributed by atoms with E-state index < -0.39 is 11.4 Å². The molecule has 0 aromatic heterocycles. The summed E-state index contributed by atoms with van der Waals surface area (Å²) in [5.74, 6) is -1.05. The fraction of sp³-hybridized carbons (Fsp3) is 0.467. The Labute approximate surface area is 128 Å². The van der Waals surface area contributed by atoms with Crippen molar-refractivity contribution in [2.45, 2.75) is 20.3 Å². The average molecular weight is 311 g/mol. The van der Waals surface area contributed by atoms with Crippen molar-refractivity contribution in [2.75, 3.05) is 25.0 Å². The third-order valence-corrected chi connectivity index (χ3v) is 4.09. The molecular weight excluding hydrogens is 292 g/mol. The van der Waals surface area contributed by atoms with Crippen LogP contribution in [0.1, 0.15) is 30.6 Å². The normalized spacial score (nSPS) is 21.4. The van der Waals surface area contributed by atoms with Gasteiger partial charge in [0.1, 0.15) is 0 Å². The molecule has 2 N–H and O–H groups in total. The predicted octanol–water partition coefficient (Wildman–Crippen LogP) is 2.71. The van der Waals surface area contributed by atoms with Gasteiger partial charge >= 0.3 is 5.97 Å². The number of carboxylic acid groups (broad SMARTS) is 1. The molecule has 1 aromatic carbocycles. The molecule has 1 aliphatic heterocycles. The highest BCUT2D eigenvalue weighted by molar-refractivity contribution is 6.31. The molecule has 0 spiro atoms. The predicted molar refractivity (Wildman–Crippen MR) is 81.9 cm³/mol. The van der Waals surface area contributed by atoms with Gasteiger partial charge in [-0.25, -0.2) is 0 Å². The minimum absolute atomic E-state index is 0.182. The van der Waals surface area contributed by atoms with E-state index >= 15 is 0 Å². The zero-order valence-corrected chi connectivity index (χ0v) is 12.9. The number of hydrogen-bond donors (Lipinski definition) is 2. The van der Waals surface area contributed by atoms with E-state index in [9.17, 15) is 14.7 Å². The van der Waals surface area contributed by atoms with Crippen LogP contribution < -0.4 is 5.32 Å². The molecule has 0 bridgehead atoms. The number of halogens is 1. The molecule has 1 saturated heterocycles. The number of aliphatic carboxylic acids is 1. The molecule has 1 aromatic rings. The number of anilines is 1. The van der Waals surface area contributed by atoms with Crippen molar-refractivity contribution in [1.29, 1.82) is 0 Å². The Morgan fingerprint density at radius 1 is 1.48 bits per heavy atom. The first kappa shape index (κ1) is 15.6. The first-order valence-electron chi connectivity index (χ1n) is 6.93. The minimum atomic E-state index is -0.868. The second-order valence-electron chi connectivity index (χ2n) is 5.56. The molecule has 114 valence electrons. The molecule has 21 heavy (non-hydrogen) atoms. The summed E-state index contributed by atoms with van der Waals surface area (Å²) in [6.45, 7) is 4.97. The largest absolute Gasteiger partial charge is 0.481 e. The Kier molecular flexibility index (Phi) is 4.42. The van der Waals surface area contributed by atoms with Crippen LogP contribution in [0.25, 0.3) is 0 Å². The van der Waals surface area contributed by atoms with Crippen molar-refractivity contribution in [3.8, 4) is 0 Å². The number of benzene rings is 1. The van der Waals surface area contributed by atoms with Gasteiger partial charge < -0.3 is 15.3 Å². The molecule has 1 heterocycles. The quantitative estimate of drug-likeness (QED) is 0.897. The summed E-state index contributed by atoms with van der Waals surface area (Å²) in [4.78, 5) is 25.5. The van der Waals surface area contributed by atoms with Gasteiger partial charge in [0.2, 0.25) is 0 Å². The van der Waals surface area contributed by atoms with Crippen LogP contribution in [0.15, 0.2) is 18.2 Å². The lowest BCUT2D eigenvalue weighted by Crippen LogP contribution is -2.35. The molecule has 0 aliphatic carbocycles. The summed E-state index contributed by atoms with van der Waals surface area (Å²) in [5.41, 5.74) is 0.335. The summed E-state index contributed by atoms with van der Waals surface area (Å²) in [7, 11) is 0. The van der Waals surface area contributed by atoms with E-state index in [-0.39, 0.29) is 12.5 Å². The fourth-order valence-corrected chi connectivity index (χ4v) is 2.69. The van der Waals surface area contributed by atoms with Crippen LogP contribution >= 0.6 is 11.6 Å². The summed E-state index contributed by atoms with van der Waals surface area (Å²) in [5, 5.41) is 12.9. The van der Waals surface area contributed by atoms with Crippen molar-refractivity contribution in [1.82, 2.24) is 4.90 Å². The number of nitrogens with one attached hydrogen (secondary N) is 1. The average Bonchev–Trinajstić information content (AvgIpc) is 2.84. The van der Waals surface area contributed by atoms with Crippen LogP contribution in [0.3, 0.4) is 0 Å². The minimum Gasteiger partial charge on any atom is -0.481 e. The Hall–Kier alpha value is -1.75. The van der Waals surface area contributed by atoms with Crippen molar-refractivity contribution in [3.05, 3.63) is 28.8 Å². The van der Waals surface area contributed by atoms with Gasteiger partial charge in [-0.3, -0.25) is 9.59 Å². The Balaban J connectivity index is 2.25. The third kappa shape index (κ3) is 3.13. The van der Waals surface area contributed by atoms with Gasteiger partial charge in [-0.05, 0) is 38.5 Å². The lowest BCUT2D eigenvalue weighted by atomic mass is 9.90. The van der Waals surface area contributed by atoms with Gasteiger partial charge in [0.25, 0.3) is 5.91 Å². The highest BCUT2D eigenvalue weighted by Gasteiger charge is 2.42. The van der Waals surface area contributed by atoms with Gasteiger partial charge in [0.05, 0.1) is 11.0 Å². The molecular formula is C15H19ClN2O3. The number of rotatable bonds is 4. The van der Waals surface area contributed by atoms with E-state index in [1.54, 1.807) is 30.0 Å². The summed E-state index contributed by atoms with van der Waals surface area (Å²) in [6.07, 6.45) is 0.463. The Morgan fingerprint density at radius 2 is 2.19 bits per heavy atom. The molecule has 1 amide bonds. The standard InChI is InChI=1S/C15H19ClN2O3/c1-3-17-12-5-4-10(16)8-11(12)13(19)18-7-6-15(2,9-18)14(20)21/h4-5,8,17H,3,6-7,9H2,1-2H3,(H,20,21). The molecule has 1 atom stereocenters. The topological polar surface area (TPSA) is 69.6 Å². The lowest BCUT2D eigenvalue weighted by molar-refractivity contribution is -0.147. The number of amides is 1. The van der Waals surface area contributed by atoms with Gasteiger partial charge in [0, 0.05) is 30.3 Å². The fourth-order valence-electron chi connectivity index (χ4n) is 2.52. The molecule has 1 fully saturated rings. The van der Waals surface area contributed by atoms with Gasteiger partial charge in [-0.2, -0.15) is 0 Å². The van der Waals surface area contributed by atoms with Crippen molar-refractivity contribution >= 4 is 29.2 Å². The van der Waals surface area contributed by atoms with Crippen LogP contribution in [0, 0.1) is 5.41 Å². The smallest absolute Gasteiger partial charge is 0.311 e. The second kappa shape index (κ2) is 5.93. The van der Waals surface area contributed by atoms with Crippen LogP contribution in [0.2, 0.25) is 5.02 Å². The summed E-state index contributed by atoms with van der Waals surface area (Å²) >= 11 is 5.98. The highest BCUT2D eigenvalue weighted by Crippen LogP contribution is 2.32. The van der Waals surface area contributed by atoms with Gasteiger partial charge in [0.15, 0.2) is 0 Å². The molecule has 0 radical (unpaired) electrons. The molecule has 5 nitrogen and oxygen atoms in total. The number of hydrogen-bond acceptors (Lipinski definition) is 3. The molecule has 1 aliphatic rings. The molecule has 1 unspecified atom stereocenters. The first-order valence-corrected chi connectivity index (χ1v) is 7.31. The number of likely N-dealkylation sites (tertiary alicyclic amines) is 1. The van der Waals surface area contributed by atoms with E-state index in [1.807, 2.05) is 6.92 Å². The van der Waals surface area contributed by atoms with E-state index in [0.717, 1.165) is 5.69 Å². The lowest BCUT2D eigenvalue weighted by Gasteiger charge is -2.21. The molecule has 2 rings (SSSR count). The molecule has 0 saturated carbocycles. The van der Waals surface area contributed by atoms with Gasteiger partial charge in [-0.15, -0.1) is 0 Å². The van der Waals surface area contributed by atoms with E-state index in [1.165, 1.54) is 0 Å². The Bertz CT molecular complexity index is 576. The third-order valence-electron chi connectivity index (χ3n) is 3.86. The van der Waals surface area contributed by atoms with Gasteiger partial charge in [-0.1, -0.05) is 11.6 Å². The van der Waals surface area contributed by atoms with Crippen LogP contribution in [-0.2, 0) is 4.79 Å². The van der Waals surface area contributed by atoms with Crippen molar-refractivity contribution in [3.63, 3.8) is 0 Å². The zero-order chi connectivity index (χ0) is 15.6. The number of carboxylic acids is 1. The maximum atomic E-state index is 12.6. The zero-order valence-electron chi connectivity index (χ0n) is 12.1. The van der Waals surface area contributed by atoms with Crippen LogP contribution in [0.4, 0.5) is 5.69 Å². The van der Waals surface area contributed by atoms with E-state index in [4.69, 9.17) is 11.6 Å². The van der Waals surface area contributed by atoms with Crippen LogP contribution in [-0.4, -0.2) is 41.5 Å². The van der Waals surface area contributed by atoms with Crippen molar-refractivity contribution < 1.29 is 14.7 Å². The second-order valence-corrected chi connectivity index (χ2v) is 6.00. The number of carbonyl (C=O) groups excluding carboxylic acids is 1. The summed E-state index contributed by atoms with van der Waals surface area (Å²) in [6, 6.07) is 5.12. The SMILES string of the molecule is CCNc1ccc(Cl)cc1C(=O)N1CCC(C)(C(=O)O)C1. The monoisotopic (exact) mass is 310 g/mol. The maximum Gasteiger partial charge on any atom is 0.311 e. The van der Waals surface area contributed by atoms with Crippen LogP contribution in [0.5, 0.6) is 0 Å². The highest BCUT2D eigenvalue weighted by atomic mass is 35.5.